The summed E-state index contributed by atoms with van der Waals surface area (Å²) in [6.07, 6.45) is 0.932. The van der Waals surface area contributed by atoms with Crippen molar-refractivity contribution in [2.45, 2.75) is 39.7 Å². The number of nitrogens with one attached hydrogen (secondary N) is 1. The van der Waals surface area contributed by atoms with Crippen LogP contribution in [0.15, 0.2) is 18.2 Å². The lowest BCUT2D eigenvalue weighted by atomic mass is 9.88. The van der Waals surface area contributed by atoms with Crippen molar-refractivity contribution in [1.29, 1.82) is 0 Å². The standard InChI is InChI=1S/C18H22N2O5/c1-18(2,3)8-7-13(17(24)25)19-14(21)10-5-6-11-12(9-10)16(23)20(4)15(11)22/h5-6,9,13H,7-8H2,1-4H3,(H,19,21)(H,24,25). The molecule has 25 heavy (non-hydrogen) atoms. The second-order valence-corrected chi connectivity index (χ2v) is 7.39. The van der Waals surface area contributed by atoms with Crippen LogP contribution in [0.5, 0.6) is 0 Å². The summed E-state index contributed by atoms with van der Waals surface area (Å²) in [6.45, 7) is 5.98. The summed E-state index contributed by atoms with van der Waals surface area (Å²) in [6, 6.07) is 3.15. The molecule has 1 unspecified atom stereocenters. The van der Waals surface area contributed by atoms with Gasteiger partial charge in [0.25, 0.3) is 17.7 Å². The molecule has 2 N–H and O–H groups in total. The van der Waals surface area contributed by atoms with Crippen molar-refractivity contribution >= 4 is 23.7 Å². The van der Waals surface area contributed by atoms with Crippen molar-refractivity contribution in [1.82, 2.24) is 10.2 Å². The molecule has 7 nitrogen and oxygen atoms in total. The van der Waals surface area contributed by atoms with Crippen LogP contribution in [0, 0.1) is 5.41 Å². The Labute approximate surface area is 146 Å². The zero-order chi connectivity index (χ0) is 18.9. The number of hydrogen-bond donors (Lipinski definition) is 2. The Kier molecular flexibility index (Phi) is 4.97. The zero-order valence-corrected chi connectivity index (χ0v) is 14.8. The minimum Gasteiger partial charge on any atom is -0.480 e. The van der Waals surface area contributed by atoms with E-state index in [4.69, 9.17) is 0 Å². The number of rotatable bonds is 5. The summed E-state index contributed by atoms with van der Waals surface area (Å²) in [5, 5.41) is 11.8. The number of benzene rings is 1. The third-order valence-electron chi connectivity index (χ3n) is 4.14. The minimum atomic E-state index is -1.11. The van der Waals surface area contributed by atoms with E-state index < -0.39 is 29.7 Å². The molecule has 0 saturated carbocycles. The van der Waals surface area contributed by atoms with Gasteiger partial charge in [-0.05, 0) is 36.5 Å². The van der Waals surface area contributed by atoms with E-state index in [1.54, 1.807) is 0 Å². The van der Waals surface area contributed by atoms with E-state index in [1.165, 1.54) is 25.2 Å². The maximum Gasteiger partial charge on any atom is 0.326 e. The molecule has 1 heterocycles. The summed E-state index contributed by atoms with van der Waals surface area (Å²) in [7, 11) is 1.37. The van der Waals surface area contributed by atoms with Gasteiger partial charge in [0, 0.05) is 12.6 Å². The topological polar surface area (TPSA) is 104 Å². The van der Waals surface area contributed by atoms with Gasteiger partial charge in [-0.25, -0.2) is 4.79 Å². The maximum atomic E-state index is 12.4. The molecule has 0 fully saturated rings. The quantitative estimate of drug-likeness (QED) is 0.793. The molecule has 1 aliphatic heterocycles. The van der Waals surface area contributed by atoms with Gasteiger partial charge in [0.2, 0.25) is 0 Å². The maximum absolute atomic E-state index is 12.4. The fraction of sp³-hybridized carbons (Fsp3) is 0.444. The van der Waals surface area contributed by atoms with Gasteiger partial charge in [0.15, 0.2) is 0 Å². The normalized spacial score (nSPS) is 15.1. The molecule has 0 aromatic heterocycles. The van der Waals surface area contributed by atoms with Gasteiger partial charge in [-0.3, -0.25) is 19.3 Å². The van der Waals surface area contributed by atoms with Gasteiger partial charge < -0.3 is 10.4 Å². The summed E-state index contributed by atoms with van der Waals surface area (Å²) < 4.78 is 0. The Morgan fingerprint density at radius 2 is 1.76 bits per heavy atom. The lowest BCUT2D eigenvalue weighted by Gasteiger charge is -2.21. The molecular weight excluding hydrogens is 324 g/mol. The smallest absolute Gasteiger partial charge is 0.326 e. The first-order chi connectivity index (χ1) is 11.5. The van der Waals surface area contributed by atoms with Crippen molar-refractivity contribution in [3.8, 4) is 0 Å². The van der Waals surface area contributed by atoms with E-state index in [0.29, 0.717) is 12.8 Å². The SMILES string of the molecule is CN1C(=O)c2ccc(C(=O)NC(CCC(C)(C)C)C(=O)O)cc2C1=O. The number of carboxylic acid groups (broad SMARTS) is 1. The monoisotopic (exact) mass is 346 g/mol. The average Bonchev–Trinajstić information content (AvgIpc) is 2.74. The van der Waals surface area contributed by atoms with Crippen LogP contribution in [0.4, 0.5) is 0 Å². The molecule has 1 aromatic carbocycles. The molecule has 0 aliphatic carbocycles. The predicted molar refractivity (Wildman–Crippen MR) is 90.4 cm³/mol. The molecule has 1 aromatic rings. The third kappa shape index (κ3) is 4.04. The van der Waals surface area contributed by atoms with E-state index in [0.717, 1.165) is 4.90 Å². The summed E-state index contributed by atoms with van der Waals surface area (Å²) >= 11 is 0. The molecule has 1 atom stereocenters. The highest BCUT2D eigenvalue weighted by Crippen LogP contribution is 2.24. The number of carboxylic acids is 1. The summed E-state index contributed by atoms with van der Waals surface area (Å²) in [4.78, 5) is 48.6. The van der Waals surface area contributed by atoms with Crippen LogP contribution in [0.2, 0.25) is 0 Å². The van der Waals surface area contributed by atoms with Gasteiger partial charge in [-0.15, -0.1) is 0 Å². The Bertz CT molecular complexity index is 748. The molecule has 1 aliphatic rings. The summed E-state index contributed by atoms with van der Waals surface area (Å²) in [5.74, 6) is -2.58. The van der Waals surface area contributed by atoms with Crippen molar-refractivity contribution < 1.29 is 24.3 Å². The number of carbonyl (C=O) groups is 4. The summed E-state index contributed by atoms with van der Waals surface area (Å²) in [5.41, 5.74) is 0.495. The fourth-order valence-electron chi connectivity index (χ4n) is 2.58. The van der Waals surface area contributed by atoms with Gasteiger partial charge >= 0.3 is 5.97 Å². The minimum absolute atomic E-state index is 0.0522. The molecule has 134 valence electrons. The fourth-order valence-corrected chi connectivity index (χ4v) is 2.58. The lowest BCUT2D eigenvalue weighted by molar-refractivity contribution is -0.139. The van der Waals surface area contributed by atoms with Crippen LogP contribution in [0.3, 0.4) is 0 Å². The van der Waals surface area contributed by atoms with Crippen LogP contribution in [0.1, 0.15) is 64.7 Å². The van der Waals surface area contributed by atoms with Crippen molar-refractivity contribution in [2.75, 3.05) is 7.05 Å². The predicted octanol–water partition coefficient (Wildman–Crippen LogP) is 1.92. The highest BCUT2D eigenvalue weighted by molar-refractivity contribution is 6.21. The molecule has 0 saturated heterocycles. The van der Waals surface area contributed by atoms with E-state index in [-0.39, 0.29) is 22.1 Å². The molecule has 0 spiro atoms. The highest BCUT2D eigenvalue weighted by atomic mass is 16.4. The number of hydrogen-bond acceptors (Lipinski definition) is 4. The van der Waals surface area contributed by atoms with Gasteiger partial charge in [0.1, 0.15) is 6.04 Å². The molecule has 2 rings (SSSR count). The Morgan fingerprint density at radius 1 is 1.16 bits per heavy atom. The molecule has 0 bridgehead atoms. The van der Waals surface area contributed by atoms with E-state index in [1.807, 2.05) is 20.8 Å². The average molecular weight is 346 g/mol. The number of imide groups is 1. The highest BCUT2D eigenvalue weighted by Gasteiger charge is 2.33. The van der Waals surface area contributed by atoms with Crippen LogP contribution < -0.4 is 5.32 Å². The third-order valence-corrected chi connectivity index (χ3v) is 4.14. The Hall–Kier alpha value is -2.70. The lowest BCUT2D eigenvalue weighted by Crippen LogP contribution is -2.41. The van der Waals surface area contributed by atoms with Gasteiger partial charge in [0.05, 0.1) is 11.1 Å². The van der Waals surface area contributed by atoms with Crippen LogP contribution >= 0.6 is 0 Å². The van der Waals surface area contributed by atoms with Crippen LogP contribution in [0.25, 0.3) is 0 Å². The van der Waals surface area contributed by atoms with E-state index in [9.17, 15) is 24.3 Å². The van der Waals surface area contributed by atoms with Crippen molar-refractivity contribution in [3.63, 3.8) is 0 Å². The number of amides is 3. The van der Waals surface area contributed by atoms with E-state index >= 15 is 0 Å². The first kappa shape index (κ1) is 18.6. The molecule has 7 heteroatoms. The molecule has 0 radical (unpaired) electrons. The molecular formula is C18H22N2O5. The van der Waals surface area contributed by atoms with Crippen molar-refractivity contribution in [3.05, 3.63) is 34.9 Å². The van der Waals surface area contributed by atoms with Crippen molar-refractivity contribution in [2.24, 2.45) is 5.41 Å². The zero-order valence-electron chi connectivity index (χ0n) is 14.8. The first-order valence-electron chi connectivity index (χ1n) is 8.01. The van der Waals surface area contributed by atoms with Gasteiger partial charge in [-0.2, -0.15) is 0 Å². The van der Waals surface area contributed by atoms with Crippen LogP contribution in [-0.4, -0.2) is 46.8 Å². The Morgan fingerprint density at radius 3 is 2.32 bits per heavy atom. The van der Waals surface area contributed by atoms with E-state index in [2.05, 4.69) is 5.32 Å². The number of carbonyl (C=O) groups excluding carboxylic acids is 3. The second kappa shape index (κ2) is 6.66. The number of fused-ring (bicyclic) bond motifs is 1. The number of nitrogens with zero attached hydrogens (tertiary/aromatic N) is 1. The second-order valence-electron chi connectivity index (χ2n) is 7.39. The van der Waals surface area contributed by atoms with Gasteiger partial charge in [-0.1, -0.05) is 20.8 Å². The largest absolute Gasteiger partial charge is 0.480 e. The van der Waals surface area contributed by atoms with Crippen LogP contribution in [-0.2, 0) is 4.79 Å². The first-order valence-corrected chi connectivity index (χ1v) is 8.01. The Balaban J connectivity index is 2.16. The number of aliphatic carboxylic acids is 1. The molecule has 3 amide bonds.